The zero-order chi connectivity index (χ0) is 9.30. The van der Waals surface area contributed by atoms with Gasteiger partial charge in [0, 0.05) is 14.0 Å². The molecule has 0 aliphatic heterocycles. The largest absolute Gasteiger partial charge is 0.385 e. The third-order valence-corrected chi connectivity index (χ3v) is 1.92. The standard InChI is InChI=1S/C7H11N3O2/c1-4-6-7(10(11)12)8-5(2)9(6)3/h4H2,1-3H3. The Morgan fingerprint density at radius 3 is 2.58 bits per heavy atom. The highest BCUT2D eigenvalue weighted by Crippen LogP contribution is 2.17. The molecule has 1 heterocycles. The molecule has 5 nitrogen and oxygen atoms in total. The van der Waals surface area contributed by atoms with Crippen molar-refractivity contribution in [1.82, 2.24) is 9.55 Å². The molecule has 0 spiro atoms. The molecule has 1 aromatic heterocycles. The minimum atomic E-state index is -0.439. The highest BCUT2D eigenvalue weighted by Gasteiger charge is 2.21. The van der Waals surface area contributed by atoms with Gasteiger partial charge < -0.3 is 14.7 Å². The Kier molecular flexibility index (Phi) is 2.12. The number of nitro groups is 1. The predicted octanol–water partition coefficient (Wildman–Crippen LogP) is 1.20. The van der Waals surface area contributed by atoms with Gasteiger partial charge in [-0.25, -0.2) is 0 Å². The fourth-order valence-corrected chi connectivity index (χ4v) is 1.18. The second-order valence-corrected chi connectivity index (χ2v) is 2.60. The van der Waals surface area contributed by atoms with Crippen LogP contribution in [-0.4, -0.2) is 14.5 Å². The Labute approximate surface area is 70.2 Å². The monoisotopic (exact) mass is 169 g/mol. The van der Waals surface area contributed by atoms with Crippen molar-refractivity contribution in [1.29, 1.82) is 0 Å². The Morgan fingerprint density at radius 2 is 2.25 bits per heavy atom. The summed E-state index contributed by atoms with van der Waals surface area (Å²) in [5.41, 5.74) is 0.678. The topological polar surface area (TPSA) is 61.0 Å². The van der Waals surface area contributed by atoms with Crippen molar-refractivity contribution < 1.29 is 4.92 Å². The number of nitrogens with zero attached hydrogens (tertiary/aromatic N) is 3. The van der Waals surface area contributed by atoms with Gasteiger partial charge in [0.05, 0.1) is 0 Å². The van der Waals surface area contributed by atoms with E-state index < -0.39 is 4.92 Å². The quantitative estimate of drug-likeness (QED) is 0.493. The summed E-state index contributed by atoms with van der Waals surface area (Å²) in [5.74, 6) is 0.663. The van der Waals surface area contributed by atoms with E-state index in [2.05, 4.69) is 4.98 Å². The molecule has 0 bridgehead atoms. The van der Waals surface area contributed by atoms with E-state index in [4.69, 9.17) is 0 Å². The third-order valence-electron chi connectivity index (χ3n) is 1.92. The normalized spacial score (nSPS) is 10.2. The summed E-state index contributed by atoms with van der Waals surface area (Å²) in [6.07, 6.45) is 0.633. The van der Waals surface area contributed by atoms with Gasteiger partial charge in [0.2, 0.25) is 5.82 Å². The fourth-order valence-electron chi connectivity index (χ4n) is 1.18. The SMILES string of the molecule is CCc1c([N+](=O)[O-])nc(C)n1C. The molecule has 5 heteroatoms. The van der Waals surface area contributed by atoms with Gasteiger partial charge in [-0.15, -0.1) is 0 Å². The summed E-state index contributed by atoms with van der Waals surface area (Å²) >= 11 is 0. The predicted molar refractivity (Wildman–Crippen MR) is 44.0 cm³/mol. The molecule has 0 saturated heterocycles. The second-order valence-electron chi connectivity index (χ2n) is 2.60. The maximum absolute atomic E-state index is 10.5. The molecule has 66 valence electrons. The van der Waals surface area contributed by atoms with Crippen LogP contribution in [0.5, 0.6) is 0 Å². The van der Waals surface area contributed by atoms with Gasteiger partial charge in [-0.1, -0.05) is 6.92 Å². The van der Waals surface area contributed by atoms with Gasteiger partial charge >= 0.3 is 5.82 Å². The first-order valence-corrected chi connectivity index (χ1v) is 3.74. The van der Waals surface area contributed by atoms with Crippen molar-refractivity contribution in [2.75, 3.05) is 0 Å². The molecule has 12 heavy (non-hydrogen) atoms. The maximum Gasteiger partial charge on any atom is 0.385 e. The lowest BCUT2D eigenvalue weighted by molar-refractivity contribution is -0.390. The Morgan fingerprint density at radius 1 is 1.67 bits per heavy atom. The average molecular weight is 169 g/mol. The van der Waals surface area contributed by atoms with Gasteiger partial charge in [0.1, 0.15) is 5.69 Å². The molecular formula is C7H11N3O2. The first-order valence-electron chi connectivity index (χ1n) is 3.74. The van der Waals surface area contributed by atoms with E-state index in [0.29, 0.717) is 17.9 Å². The summed E-state index contributed by atoms with van der Waals surface area (Å²) in [6, 6.07) is 0. The first kappa shape index (κ1) is 8.70. The lowest BCUT2D eigenvalue weighted by Crippen LogP contribution is -1.98. The van der Waals surface area contributed by atoms with E-state index in [1.54, 1.807) is 18.5 Å². The number of rotatable bonds is 2. The minimum absolute atomic E-state index is 0.0162. The number of hydrogen-bond acceptors (Lipinski definition) is 3. The highest BCUT2D eigenvalue weighted by atomic mass is 16.6. The molecule has 0 aromatic carbocycles. The van der Waals surface area contributed by atoms with Gasteiger partial charge in [0.25, 0.3) is 0 Å². The number of aromatic nitrogens is 2. The summed E-state index contributed by atoms with van der Waals surface area (Å²) in [6.45, 7) is 3.63. The summed E-state index contributed by atoms with van der Waals surface area (Å²) < 4.78 is 1.75. The van der Waals surface area contributed by atoms with Crippen molar-refractivity contribution in [2.45, 2.75) is 20.3 Å². The van der Waals surface area contributed by atoms with Crippen LogP contribution in [0.4, 0.5) is 5.82 Å². The zero-order valence-corrected chi connectivity index (χ0v) is 7.37. The maximum atomic E-state index is 10.5. The van der Waals surface area contributed by atoms with E-state index >= 15 is 0 Å². The first-order chi connectivity index (χ1) is 5.57. The van der Waals surface area contributed by atoms with Crippen molar-refractivity contribution in [3.05, 3.63) is 21.6 Å². The molecule has 0 N–H and O–H groups in total. The van der Waals surface area contributed by atoms with Gasteiger partial charge in [0.15, 0.2) is 0 Å². The third kappa shape index (κ3) is 1.17. The lowest BCUT2D eigenvalue weighted by Gasteiger charge is -1.96. The average Bonchev–Trinajstić information content (AvgIpc) is 2.29. The van der Waals surface area contributed by atoms with E-state index in [1.165, 1.54) is 0 Å². The molecular weight excluding hydrogens is 158 g/mol. The van der Waals surface area contributed by atoms with Crippen LogP contribution in [0, 0.1) is 17.0 Å². The number of imidazole rings is 1. The van der Waals surface area contributed by atoms with Crippen LogP contribution in [0.2, 0.25) is 0 Å². The van der Waals surface area contributed by atoms with E-state index in [1.807, 2.05) is 6.92 Å². The molecule has 0 fully saturated rings. The number of aryl methyl sites for hydroxylation is 1. The molecule has 0 saturated carbocycles. The molecule has 0 amide bonds. The van der Waals surface area contributed by atoms with Crippen molar-refractivity contribution in [2.24, 2.45) is 7.05 Å². The van der Waals surface area contributed by atoms with Crippen LogP contribution in [-0.2, 0) is 13.5 Å². The van der Waals surface area contributed by atoms with Crippen LogP contribution in [0.25, 0.3) is 0 Å². The van der Waals surface area contributed by atoms with E-state index in [9.17, 15) is 10.1 Å². The van der Waals surface area contributed by atoms with Crippen molar-refractivity contribution >= 4 is 5.82 Å². The van der Waals surface area contributed by atoms with Gasteiger partial charge in [-0.2, -0.15) is 0 Å². The van der Waals surface area contributed by atoms with Crippen LogP contribution in [0.1, 0.15) is 18.4 Å². The Bertz CT molecular complexity index is 317. The van der Waals surface area contributed by atoms with E-state index in [-0.39, 0.29) is 5.82 Å². The van der Waals surface area contributed by atoms with Gasteiger partial charge in [-0.3, -0.25) is 0 Å². The second kappa shape index (κ2) is 2.92. The van der Waals surface area contributed by atoms with Crippen molar-refractivity contribution in [3.63, 3.8) is 0 Å². The smallest absolute Gasteiger partial charge is 0.358 e. The van der Waals surface area contributed by atoms with E-state index in [0.717, 1.165) is 0 Å². The van der Waals surface area contributed by atoms with Crippen LogP contribution in [0.15, 0.2) is 0 Å². The number of hydrogen-bond donors (Lipinski definition) is 0. The molecule has 0 unspecified atom stereocenters. The van der Waals surface area contributed by atoms with Crippen molar-refractivity contribution in [3.8, 4) is 0 Å². The Hall–Kier alpha value is -1.39. The molecule has 1 rings (SSSR count). The fraction of sp³-hybridized carbons (Fsp3) is 0.571. The summed E-state index contributed by atoms with van der Waals surface area (Å²) in [7, 11) is 1.79. The minimum Gasteiger partial charge on any atom is -0.358 e. The molecule has 0 radical (unpaired) electrons. The molecule has 0 atom stereocenters. The lowest BCUT2D eigenvalue weighted by atomic mass is 10.3. The summed E-state index contributed by atoms with van der Waals surface area (Å²) in [4.78, 5) is 13.9. The highest BCUT2D eigenvalue weighted by molar-refractivity contribution is 5.29. The summed E-state index contributed by atoms with van der Waals surface area (Å²) in [5, 5.41) is 10.5. The van der Waals surface area contributed by atoms with Gasteiger partial charge in [-0.05, 0) is 16.3 Å². The van der Waals surface area contributed by atoms with Crippen LogP contribution in [0.3, 0.4) is 0 Å². The zero-order valence-electron chi connectivity index (χ0n) is 7.37. The van der Waals surface area contributed by atoms with Crippen LogP contribution < -0.4 is 0 Å². The molecule has 0 aliphatic rings. The molecule has 1 aromatic rings. The Balaban J connectivity index is 3.29. The molecule has 0 aliphatic carbocycles. The van der Waals surface area contributed by atoms with Crippen LogP contribution >= 0.6 is 0 Å².